The largest absolute Gasteiger partial charge is 0.322 e. The van der Waals surface area contributed by atoms with E-state index in [1.165, 1.54) is 12.1 Å². The Labute approximate surface area is 182 Å². The van der Waals surface area contributed by atoms with Gasteiger partial charge in [0.25, 0.3) is 17.5 Å². The average molecular weight is 437 g/mol. The minimum Gasteiger partial charge on any atom is -0.322 e. The molecule has 0 unspecified atom stereocenters. The van der Waals surface area contributed by atoms with Gasteiger partial charge in [0.15, 0.2) is 0 Å². The highest BCUT2D eigenvalue weighted by Crippen LogP contribution is 2.25. The van der Waals surface area contributed by atoms with E-state index in [1.807, 2.05) is 6.07 Å². The lowest BCUT2D eigenvalue weighted by molar-refractivity contribution is -0.384. The van der Waals surface area contributed by atoms with Gasteiger partial charge in [-0.05, 0) is 48.9 Å². The number of carbonyl (C=O) groups excluding carboxylic acids is 2. The maximum absolute atomic E-state index is 12.3. The fraction of sp³-hybridized carbons (Fsp3) is 0.0455. The molecule has 156 valence electrons. The first-order valence-electron chi connectivity index (χ1n) is 9.10. The van der Waals surface area contributed by atoms with Gasteiger partial charge in [-0.25, -0.2) is 5.43 Å². The maximum Gasteiger partial charge on any atom is 0.288 e. The first kappa shape index (κ1) is 21.7. The van der Waals surface area contributed by atoms with Gasteiger partial charge in [0.1, 0.15) is 5.02 Å². The van der Waals surface area contributed by atoms with Crippen molar-refractivity contribution in [1.29, 1.82) is 0 Å². The number of carbonyl (C=O) groups is 2. The predicted octanol–water partition coefficient (Wildman–Crippen LogP) is 4.65. The number of benzene rings is 3. The summed E-state index contributed by atoms with van der Waals surface area (Å²) in [6.07, 6.45) is 0. The molecule has 0 saturated heterocycles. The summed E-state index contributed by atoms with van der Waals surface area (Å²) in [4.78, 5) is 34.9. The normalized spacial score (nSPS) is 11.0. The highest BCUT2D eigenvalue weighted by atomic mass is 35.5. The van der Waals surface area contributed by atoms with E-state index in [-0.39, 0.29) is 22.2 Å². The van der Waals surface area contributed by atoms with E-state index in [1.54, 1.807) is 55.5 Å². The maximum atomic E-state index is 12.3. The number of anilines is 1. The van der Waals surface area contributed by atoms with E-state index >= 15 is 0 Å². The Morgan fingerprint density at radius 3 is 2.32 bits per heavy atom. The van der Waals surface area contributed by atoms with E-state index < -0.39 is 10.8 Å². The quantitative estimate of drug-likeness (QED) is 0.332. The predicted molar refractivity (Wildman–Crippen MR) is 119 cm³/mol. The number of rotatable bonds is 6. The standard InChI is InChI=1S/C22H17ClN4O4/c1-14(25-26-22(29)17-10-11-19(23)20(13-17)27(30)31)16-8-5-9-18(12-16)24-21(28)15-6-3-2-4-7-15/h2-13H,1H3,(H,24,28)(H,26,29)/b25-14-. The van der Waals surface area contributed by atoms with Crippen molar-refractivity contribution in [3.8, 4) is 0 Å². The van der Waals surface area contributed by atoms with Crippen molar-refractivity contribution in [2.24, 2.45) is 5.10 Å². The molecule has 0 atom stereocenters. The lowest BCUT2D eigenvalue weighted by Gasteiger charge is -2.08. The lowest BCUT2D eigenvalue weighted by atomic mass is 10.1. The van der Waals surface area contributed by atoms with Crippen LogP contribution in [0.3, 0.4) is 0 Å². The minimum atomic E-state index is -0.664. The second-order valence-corrected chi connectivity index (χ2v) is 6.87. The highest BCUT2D eigenvalue weighted by Gasteiger charge is 2.16. The molecular weight excluding hydrogens is 420 g/mol. The number of halogens is 1. The summed E-state index contributed by atoms with van der Waals surface area (Å²) in [5.41, 5.74) is 4.31. The Kier molecular flexibility index (Phi) is 6.74. The number of amides is 2. The molecule has 3 aromatic carbocycles. The van der Waals surface area contributed by atoms with Crippen LogP contribution in [-0.4, -0.2) is 22.4 Å². The molecule has 2 amide bonds. The van der Waals surface area contributed by atoms with Crippen LogP contribution in [0, 0.1) is 10.1 Å². The molecule has 9 heteroatoms. The van der Waals surface area contributed by atoms with Crippen molar-refractivity contribution >= 4 is 40.5 Å². The van der Waals surface area contributed by atoms with Crippen LogP contribution in [0.5, 0.6) is 0 Å². The summed E-state index contributed by atoms with van der Waals surface area (Å²) < 4.78 is 0. The number of nitrogens with zero attached hydrogens (tertiary/aromatic N) is 2. The number of hydrazone groups is 1. The van der Waals surface area contributed by atoms with Gasteiger partial charge >= 0.3 is 0 Å². The molecule has 2 N–H and O–H groups in total. The molecule has 0 fully saturated rings. The van der Waals surface area contributed by atoms with Crippen LogP contribution in [0.2, 0.25) is 5.02 Å². The summed E-state index contributed by atoms with van der Waals surface area (Å²) in [6.45, 7) is 1.68. The SMILES string of the molecule is C/C(=N/NC(=O)c1ccc(Cl)c([N+](=O)[O-])c1)c1cccc(NC(=O)c2ccccc2)c1. The summed E-state index contributed by atoms with van der Waals surface area (Å²) >= 11 is 5.76. The molecule has 0 bridgehead atoms. The van der Waals surface area contributed by atoms with Gasteiger partial charge in [-0.3, -0.25) is 19.7 Å². The lowest BCUT2D eigenvalue weighted by Crippen LogP contribution is -2.19. The molecule has 8 nitrogen and oxygen atoms in total. The second-order valence-electron chi connectivity index (χ2n) is 6.46. The number of hydrogen-bond donors (Lipinski definition) is 2. The minimum absolute atomic E-state index is 0.0523. The van der Waals surface area contributed by atoms with Crippen LogP contribution in [0.4, 0.5) is 11.4 Å². The van der Waals surface area contributed by atoms with E-state index in [4.69, 9.17) is 11.6 Å². The van der Waals surface area contributed by atoms with Gasteiger partial charge in [-0.2, -0.15) is 5.10 Å². The third kappa shape index (κ3) is 5.52. The highest BCUT2D eigenvalue weighted by molar-refractivity contribution is 6.32. The van der Waals surface area contributed by atoms with Crippen LogP contribution < -0.4 is 10.7 Å². The Bertz CT molecular complexity index is 1180. The van der Waals surface area contributed by atoms with Gasteiger partial charge in [0, 0.05) is 22.9 Å². The van der Waals surface area contributed by atoms with Gasteiger partial charge in [-0.1, -0.05) is 41.9 Å². The molecule has 0 spiro atoms. The van der Waals surface area contributed by atoms with Crippen molar-refractivity contribution in [2.45, 2.75) is 6.92 Å². The van der Waals surface area contributed by atoms with Crippen LogP contribution in [0.15, 0.2) is 77.9 Å². The van der Waals surface area contributed by atoms with E-state index in [2.05, 4.69) is 15.8 Å². The molecule has 3 aromatic rings. The molecule has 0 aliphatic rings. The number of nitrogens with one attached hydrogen (secondary N) is 2. The van der Waals surface area contributed by atoms with Gasteiger partial charge in [0.05, 0.1) is 10.6 Å². The van der Waals surface area contributed by atoms with Gasteiger partial charge in [0.2, 0.25) is 0 Å². The molecule has 0 aliphatic carbocycles. The van der Waals surface area contributed by atoms with Crippen molar-refractivity contribution in [3.05, 3.63) is 105 Å². The number of nitro benzene ring substituents is 1. The zero-order chi connectivity index (χ0) is 22.4. The number of nitro groups is 1. The van der Waals surface area contributed by atoms with Crippen molar-refractivity contribution < 1.29 is 14.5 Å². The average Bonchev–Trinajstić information content (AvgIpc) is 2.78. The van der Waals surface area contributed by atoms with Crippen LogP contribution in [0.25, 0.3) is 0 Å². The molecule has 3 rings (SSSR count). The van der Waals surface area contributed by atoms with Crippen molar-refractivity contribution in [3.63, 3.8) is 0 Å². The fourth-order valence-corrected chi connectivity index (χ4v) is 2.86. The summed E-state index contributed by atoms with van der Waals surface area (Å²) in [5, 5.41) is 17.8. The van der Waals surface area contributed by atoms with Crippen molar-refractivity contribution in [2.75, 3.05) is 5.32 Å². The van der Waals surface area contributed by atoms with E-state index in [9.17, 15) is 19.7 Å². The zero-order valence-electron chi connectivity index (χ0n) is 16.3. The first-order valence-corrected chi connectivity index (χ1v) is 9.48. The first-order chi connectivity index (χ1) is 14.8. The van der Waals surface area contributed by atoms with Crippen LogP contribution >= 0.6 is 11.6 Å². The summed E-state index contributed by atoms with van der Waals surface area (Å²) in [7, 11) is 0. The van der Waals surface area contributed by atoms with E-state index in [0.29, 0.717) is 22.5 Å². The molecule has 0 saturated carbocycles. The van der Waals surface area contributed by atoms with Crippen LogP contribution in [-0.2, 0) is 0 Å². The molecule has 0 heterocycles. The Hall–Kier alpha value is -4.04. The molecule has 31 heavy (non-hydrogen) atoms. The molecular formula is C22H17ClN4O4. The third-order valence-corrected chi connectivity index (χ3v) is 4.62. The topological polar surface area (TPSA) is 114 Å². The Morgan fingerprint density at radius 2 is 1.61 bits per heavy atom. The smallest absolute Gasteiger partial charge is 0.288 e. The summed E-state index contributed by atoms with van der Waals surface area (Å²) in [6, 6.07) is 19.5. The third-order valence-electron chi connectivity index (χ3n) is 4.30. The summed E-state index contributed by atoms with van der Waals surface area (Å²) in [5.74, 6) is -0.863. The number of hydrogen-bond acceptors (Lipinski definition) is 5. The Balaban J connectivity index is 1.71. The van der Waals surface area contributed by atoms with Gasteiger partial charge < -0.3 is 5.32 Å². The fourth-order valence-electron chi connectivity index (χ4n) is 2.67. The monoisotopic (exact) mass is 436 g/mol. The van der Waals surface area contributed by atoms with Crippen molar-refractivity contribution in [1.82, 2.24) is 5.43 Å². The van der Waals surface area contributed by atoms with E-state index in [0.717, 1.165) is 6.07 Å². The van der Waals surface area contributed by atoms with Crippen LogP contribution in [0.1, 0.15) is 33.2 Å². The Morgan fingerprint density at radius 1 is 0.903 bits per heavy atom. The molecule has 0 aliphatic heterocycles. The molecule has 0 aromatic heterocycles. The second kappa shape index (κ2) is 9.64. The zero-order valence-corrected chi connectivity index (χ0v) is 17.1. The van der Waals surface area contributed by atoms with Gasteiger partial charge in [-0.15, -0.1) is 0 Å². The molecule has 0 radical (unpaired) electrons.